The molecule has 0 atom stereocenters. The number of carbonyl (C=O) groups excluding carboxylic acids is 1. The van der Waals surface area contributed by atoms with Crippen LogP contribution in [0, 0.1) is 11.6 Å². The summed E-state index contributed by atoms with van der Waals surface area (Å²) in [5.74, 6) is -2.16. The summed E-state index contributed by atoms with van der Waals surface area (Å²) in [5, 5.41) is -0.357. The zero-order valence-electron chi connectivity index (χ0n) is 8.23. The second-order valence-corrected chi connectivity index (χ2v) is 3.45. The van der Waals surface area contributed by atoms with E-state index < -0.39 is 11.6 Å². The largest absolute Gasteiger partial charge is 0.493 e. The van der Waals surface area contributed by atoms with Gasteiger partial charge < -0.3 is 4.74 Å². The highest BCUT2D eigenvalue weighted by Gasteiger charge is 2.19. The van der Waals surface area contributed by atoms with Crippen LogP contribution in [0.4, 0.5) is 8.78 Å². The summed E-state index contributed by atoms with van der Waals surface area (Å²) >= 11 is 5.45. The van der Waals surface area contributed by atoms with E-state index in [1.165, 1.54) is 14.0 Å². The van der Waals surface area contributed by atoms with Gasteiger partial charge >= 0.3 is 0 Å². The number of ether oxygens (including phenoxy) is 1. The maximum absolute atomic E-state index is 13.5. The lowest BCUT2D eigenvalue weighted by Crippen LogP contribution is -2.05. The predicted molar refractivity (Wildman–Crippen MR) is 52.3 cm³/mol. The minimum absolute atomic E-state index is 0.144. The third-order valence-electron chi connectivity index (χ3n) is 1.85. The van der Waals surface area contributed by atoms with Gasteiger partial charge in [0.05, 0.1) is 12.1 Å². The third kappa shape index (κ3) is 2.45. The van der Waals surface area contributed by atoms with Gasteiger partial charge in [0.15, 0.2) is 11.6 Å². The highest BCUT2D eigenvalue weighted by Crippen LogP contribution is 2.31. The molecular weight excluding hydrogens is 226 g/mol. The molecule has 0 saturated heterocycles. The van der Waals surface area contributed by atoms with Gasteiger partial charge in [-0.3, -0.25) is 4.79 Å². The quantitative estimate of drug-likeness (QED) is 0.752. The van der Waals surface area contributed by atoms with Crippen LogP contribution in [0.3, 0.4) is 0 Å². The highest BCUT2D eigenvalue weighted by molar-refractivity contribution is 6.30. The van der Waals surface area contributed by atoms with E-state index in [2.05, 4.69) is 4.74 Å². The smallest absolute Gasteiger partial charge is 0.167 e. The van der Waals surface area contributed by atoms with E-state index in [-0.39, 0.29) is 28.5 Å². The molecule has 0 saturated carbocycles. The van der Waals surface area contributed by atoms with E-state index in [1.54, 1.807) is 0 Å². The molecule has 0 N–H and O–H groups in total. The highest BCUT2D eigenvalue weighted by atomic mass is 35.5. The van der Waals surface area contributed by atoms with E-state index in [4.69, 9.17) is 11.6 Å². The fourth-order valence-corrected chi connectivity index (χ4v) is 1.47. The lowest BCUT2D eigenvalue weighted by Gasteiger charge is -2.10. The van der Waals surface area contributed by atoms with Crippen molar-refractivity contribution in [1.82, 2.24) is 0 Å². The maximum Gasteiger partial charge on any atom is 0.167 e. The van der Waals surface area contributed by atoms with E-state index in [9.17, 15) is 13.6 Å². The standard InChI is InChI=1S/C10H9ClF2O2/c1-5(14)3-6-9(13)7(11)4-8(12)10(6)15-2/h4H,3H2,1-2H3. The Morgan fingerprint density at radius 2 is 2.13 bits per heavy atom. The molecule has 15 heavy (non-hydrogen) atoms. The molecule has 0 unspecified atom stereocenters. The second-order valence-electron chi connectivity index (χ2n) is 3.04. The van der Waals surface area contributed by atoms with Gasteiger partial charge in [-0.2, -0.15) is 0 Å². The van der Waals surface area contributed by atoms with Gasteiger partial charge in [-0.1, -0.05) is 11.6 Å². The first-order valence-electron chi connectivity index (χ1n) is 4.17. The summed E-state index contributed by atoms with van der Waals surface area (Å²) in [5.41, 5.74) is -0.144. The Hall–Kier alpha value is -1.16. The average molecular weight is 235 g/mol. The molecule has 0 radical (unpaired) electrons. The average Bonchev–Trinajstić information content (AvgIpc) is 2.13. The second kappa shape index (κ2) is 4.57. The number of Topliss-reactive ketones (excluding diaryl/α,β-unsaturated/α-hetero) is 1. The fraction of sp³-hybridized carbons (Fsp3) is 0.300. The van der Waals surface area contributed by atoms with Crippen molar-refractivity contribution in [3.63, 3.8) is 0 Å². The van der Waals surface area contributed by atoms with Gasteiger partial charge in [0.25, 0.3) is 0 Å². The van der Waals surface area contributed by atoms with Gasteiger partial charge in [-0.15, -0.1) is 0 Å². The third-order valence-corrected chi connectivity index (χ3v) is 2.12. The molecule has 5 heteroatoms. The summed E-state index contributed by atoms with van der Waals surface area (Å²) in [6.45, 7) is 1.28. The van der Waals surface area contributed by atoms with Crippen LogP contribution < -0.4 is 4.74 Å². The van der Waals surface area contributed by atoms with Gasteiger partial charge in [0.1, 0.15) is 11.6 Å². The molecule has 0 aliphatic heterocycles. The summed E-state index contributed by atoms with van der Waals surface area (Å²) in [6.07, 6.45) is -0.244. The number of halogens is 3. The lowest BCUT2D eigenvalue weighted by molar-refractivity contribution is -0.116. The lowest BCUT2D eigenvalue weighted by atomic mass is 10.1. The number of hydrogen-bond acceptors (Lipinski definition) is 2. The first-order valence-corrected chi connectivity index (χ1v) is 4.55. The Kier molecular flexibility index (Phi) is 3.63. The van der Waals surface area contributed by atoms with Crippen LogP contribution in [-0.4, -0.2) is 12.9 Å². The molecule has 0 aromatic heterocycles. The molecule has 2 nitrogen and oxygen atoms in total. The Labute approximate surface area is 90.8 Å². The molecule has 82 valence electrons. The van der Waals surface area contributed by atoms with Crippen molar-refractivity contribution >= 4 is 17.4 Å². The van der Waals surface area contributed by atoms with Crippen LogP contribution in [0.2, 0.25) is 5.02 Å². The van der Waals surface area contributed by atoms with Crippen molar-refractivity contribution in [2.45, 2.75) is 13.3 Å². The number of methoxy groups -OCH3 is 1. The van der Waals surface area contributed by atoms with E-state index in [1.807, 2.05) is 0 Å². The number of rotatable bonds is 3. The van der Waals surface area contributed by atoms with Crippen molar-refractivity contribution in [3.05, 3.63) is 28.3 Å². The first-order chi connectivity index (χ1) is 6.97. The van der Waals surface area contributed by atoms with Crippen LogP contribution in [0.15, 0.2) is 6.07 Å². The van der Waals surface area contributed by atoms with Gasteiger partial charge in [-0.25, -0.2) is 8.78 Å². The Morgan fingerprint density at radius 3 is 2.60 bits per heavy atom. The van der Waals surface area contributed by atoms with Crippen LogP contribution in [0.1, 0.15) is 12.5 Å². The number of benzene rings is 1. The Morgan fingerprint density at radius 1 is 1.53 bits per heavy atom. The topological polar surface area (TPSA) is 26.3 Å². The van der Waals surface area contributed by atoms with Crippen LogP contribution in [-0.2, 0) is 11.2 Å². The summed E-state index contributed by atoms with van der Waals surface area (Å²) < 4.78 is 31.4. The molecule has 0 bridgehead atoms. The molecule has 0 amide bonds. The molecule has 1 aromatic carbocycles. The normalized spacial score (nSPS) is 10.2. The Bertz CT molecular complexity index is 405. The fourth-order valence-electron chi connectivity index (χ4n) is 1.26. The van der Waals surface area contributed by atoms with Crippen LogP contribution in [0.25, 0.3) is 0 Å². The first kappa shape index (κ1) is 11.9. The van der Waals surface area contributed by atoms with Crippen molar-refractivity contribution in [2.24, 2.45) is 0 Å². The minimum Gasteiger partial charge on any atom is -0.493 e. The molecular formula is C10H9ClF2O2. The monoisotopic (exact) mass is 234 g/mol. The van der Waals surface area contributed by atoms with Gasteiger partial charge in [0.2, 0.25) is 0 Å². The van der Waals surface area contributed by atoms with Crippen molar-refractivity contribution < 1.29 is 18.3 Å². The van der Waals surface area contributed by atoms with Crippen molar-refractivity contribution in [3.8, 4) is 5.75 Å². The van der Waals surface area contributed by atoms with Crippen LogP contribution >= 0.6 is 11.6 Å². The molecule has 0 heterocycles. The van der Waals surface area contributed by atoms with Gasteiger partial charge in [-0.05, 0) is 13.0 Å². The summed E-state index contributed by atoms with van der Waals surface area (Å²) in [4.78, 5) is 10.9. The number of ketones is 1. The summed E-state index contributed by atoms with van der Waals surface area (Å²) in [7, 11) is 1.20. The molecule has 0 fully saturated rings. The van der Waals surface area contributed by atoms with Gasteiger partial charge in [0, 0.05) is 12.0 Å². The number of carbonyl (C=O) groups is 1. The molecule has 0 aliphatic rings. The summed E-state index contributed by atoms with van der Waals surface area (Å²) in [6, 6.07) is 0.819. The van der Waals surface area contributed by atoms with E-state index in [0.717, 1.165) is 6.07 Å². The van der Waals surface area contributed by atoms with Crippen molar-refractivity contribution in [2.75, 3.05) is 7.11 Å². The molecule has 1 aromatic rings. The maximum atomic E-state index is 13.5. The number of hydrogen-bond donors (Lipinski definition) is 0. The zero-order valence-corrected chi connectivity index (χ0v) is 8.99. The zero-order chi connectivity index (χ0) is 11.6. The van der Waals surface area contributed by atoms with Crippen molar-refractivity contribution in [1.29, 1.82) is 0 Å². The molecule has 0 spiro atoms. The van der Waals surface area contributed by atoms with E-state index in [0.29, 0.717) is 0 Å². The minimum atomic E-state index is -0.815. The van der Waals surface area contributed by atoms with E-state index >= 15 is 0 Å². The SMILES string of the molecule is COc1c(F)cc(Cl)c(F)c1CC(C)=O. The Balaban J connectivity index is 3.36. The predicted octanol–water partition coefficient (Wildman–Crippen LogP) is 2.76. The van der Waals surface area contributed by atoms with Crippen LogP contribution in [0.5, 0.6) is 5.75 Å². The molecule has 1 rings (SSSR count). The molecule has 0 aliphatic carbocycles.